The number of methoxy groups -OCH3 is 1. The first kappa shape index (κ1) is 16.7. The van der Waals surface area contributed by atoms with Crippen molar-refractivity contribution >= 4 is 28.5 Å². The quantitative estimate of drug-likeness (QED) is 0.711. The number of nitrogens with one attached hydrogen (secondary N) is 1. The highest BCUT2D eigenvalue weighted by Crippen LogP contribution is 2.23. The second-order valence-corrected chi connectivity index (χ2v) is 5.72. The molecule has 2 aromatic carbocycles. The van der Waals surface area contributed by atoms with Crippen LogP contribution in [0.25, 0.3) is 11.0 Å². The number of hydrogen-bond acceptors (Lipinski definition) is 6. The summed E-state index contributed by atoms with van der Waals surface area (Å²) in [5, 5.41) is 3.14. The number of nitrogens with zero attached hydrogens (tertiary/aromatic N) is 2. The summed E-state index contributed by atoms with van der Waals surface area (Å²) in [7, 11) is 1.61. The van der Waals surface area contributed by atoms with E-state index in [1.165, 1.54) is 0 Å². The van der Waals surface area contributed by atoms with Crippen LogP contribution in [-0.2, 0) is 4.74 Å². The number of ether oxygens (including phenoxy) is 2. The van der Waals surface area contributed by atoms with Gasteiger partial charge in [0, 0.05) is 5.69 Å². The fourth-order valence-electron chi connectivity index (χ4n) is 2.31. The molecule has 0 amide bonds. The molecule has 25 heavy (non-hydrogen) atoms. The molecule has 1 aromatic heterocycles. The van der Waals surface area contributed by atoms with Gasteiger partial charge in [0.25, 0.3) is 0 Å². The third-order valence-corrected chi connectivity index (χ3v) is 3.46. The van der Waals surface area contributed by atoms with Gasteiger partial charge in [-0.15, -0.1) is 0 Å². The summed E-state index contributed by atoms with van der Waals surface area (Å²) in [5.41, 5.74) is 2.25. The maximum absolute atomic E-state index is 12.4. The van der Waals surface area contributed by atoms with E-state index in [1.54, 1.807) is 21.0 Å². The highest BCUT2D eigenvalue weighted by Gasteiger charge is 2.19. The van der Waals surface area contributed by atoms with E-state index >= 15 is 0 Å². The van der Waals surface area contributed by atoms with Crippen molar-refractivity contribution in [2.75, 3.05) is 12.4 Å². The van der Waals surface area contributed by atoms with Crippen LogP contribution in [-0.4, -0.2) is 29.2 Å². The van der Waals surface area contributed by atoms with E-state index in [-0.39, 0.29) is 11.8 Å². The Morgan fingerprint density at radius 1 is 1.00 bits per heavy atom. The van der Waals surface area contributed by atoms with Gasteiger partial charge in [0.2, 0.25) is 0 Å². The van der Waals surface area contributed by atoms with E-state index in [0.29, 0.717) is 16.9 Å². The fraction of sp³-hybridized carbons (Fsp3) is 0.211. The Labute approximate surface area is 145 Å². The van der Waals surface area contributed by atoms with Gasteiger partial charge in [-0.1, -0.05) is 12.1 Å². The van der Waals surface area contributed by atoms with Gasteiger partial charge in [0.1, 0.15) is 5.75 Å². The van der Waals surface area contributed by atoms with Gasteiger partial charge in [-0.2, -0.15) is 0 Å². The average Bonchev–Trinajstić information content (AvgIpc) is 2.61. The molecule has 0 fully saturated rings. The molecule has 6 nitrogen and oxygen atoms in total. The minimum atomic E-state index is -0.510. The normalized spacial score (nSPS) is 10.7. The van der Waals surface area contributed by atoms with Crippen LogP contribution < -0.4 is 10.1 Å². The SMILES string of the molecule is COc1ccc(Nc2nc3ccccc3nc2C(=O)OC(C)C)cc1. The van der Waals surface area contributed by atoms with Crippen LogP contribution in [0.15, 0.2) is 48.5 Å². The Kier molecular flexibility index (Phi) is 4.79. The van der Waals surface area contributed by atoms with Gasteiger partial charge < -0.3 is 14.8 Å². The Morgan fingerprint density at radius 3 is 2.24 bits per heavy atom. The molecule has 0 aliphatic rings. The number of rotatable bonds is 5. The van der Waals surface area contributed by atoms with E-state index in [1.807, 2.05) is 48.5 Å². The molecule has 0 bridgehead atoms. The highest BCUT2D eigenvalue weighted by atomic mass is 16.5. The van der Waals surface area contributed by atoms with Crippen LogP contribution >= 0.6 is 0 Å². The number of aromatic nitrogens is 2. The molecule has 0 aliphatic carbocycles. The lowest BCUT2D eigenvalue weighted by molar-refractivity contribution is 0.0372. The highest BCUT2D eigenvalue weighted by molar-refractivity contribution is 5.96. The molecule has 3 aromatic rings. The van der Waals surface area contributed by atoms with E-state index in [4.69, 9.17) is 9.47 Å². The first-order chi connectivity index (χ1) is 12.1. The molecule has 0 saturated heterocycles. The van der Waals surface area contributed by atoms with Gasteiger partial charge in [-0.05, 0) is 50.2 Å². The van der Waals surface area contributed by atoms with Crippen molar-refractivity contribution in [2.45, 2.75) is 20.0 Å². The van der Waals surface area contributed by atoms with E-state index in [2.05, 4.69) is 15.3 Å². The molecule has 0 spiro atoms. The van der Waals surface area contributed by atoms with Gasteiger partial charge in [0.05, 0.1) is 24.2 Å². The first-order valence-corrected chi connectivity index (χ1v) is 7.95. The minimum absolute atomic E-state index is 0.156. The number of benzene rings is 2. The maximum atomic E-state index is 12.4. The number of carbonyl (C=O) groups excluding carboxylic acids is 1. The first-order valence-electron chi connectivity index (χ1n) is 7.95. The Morgan fingerprint density at radius 2 is 1.64 bits per heavy atom. The third-order valence-electron chi connectivity index (χ3n) is 3.46. The summed E-state index contributed by atoms with van der Waals surface area (Å²) in [5.74, 6) is 0.591. The zero-order valence-corrected chi connectivity index (χ0v) is 14.3. The number of fused-ring (bicyclic) bond motifs is 1. The number of esters is 1. The van der Waals surface area contributed by atoms with Gasteiger partial charge in [0.15, 0.2) is 11.5 Å². The maximum Gasteiger partial charge on any atom is 0.361 e. The molecule has 3 rings (SSSR count). The minimum Gasteiger partial charge on any atom is -0.497 e. The summed E-state index contributed by atoms with van der Waals surface area (Å²) in [6.07, 6.45) is -0.241. The van der Waals surface area contributed by atoms with Gasteiger partial charge >= 0.3 is 5.97 Å². The molecule has 0 unspecified atom stereocenters. The predicted molar refractivity (Wildman–Crippen MR) is 96.4 cm³/mol. The average molecular weight is 337 g/mol. The predicted octanol–water partition coefficient (Wildman–Crippen LogP) is 3.95. The van der Waals surface area contributed by atoms with Gasteiger partial charge in [-0.3, -0.25) is 0 Å². The number of anilines is 2. The molecule has 0 radical (unpaired) electrons. The van der Waals surface area contributed by atoms with E-state index in [0.717, 1.165) is 11.4 Å². The monoisotopic (exact) mass is 337 g/mol. The lowest BCUT2D eigenvalue weighted by atomic mass is 10.2. The molecule has 1 heterocycles. The zero-order chi connectivity index (χ0) is 17.8. The van der Waals surface area contributed by atoms with Crippen LogP contribution in [0.1, 0.15) is 24.3 Å². The summed E-state index contributed by atoms with van der Waals surface area (Å²) in [6, 6.07) is 14.7. The molecule has 0 atom stereocenters. The number of carbonyl (C=O) groups is 1. The van der Waals surface area contributed by atoms with Gasteiger partial charge in [-0.25, -0.2) is 14.8 Å². The third kappa shape index (κ3) is 3.85. The van der Waals surface area contributed by atoms with Crippen LogP contribution in [0.4, 0.5) is 11.5 Å². The topological polar surface area (TPSA) is 73.3 Å². The molecule has 0 aliphatic heterocycles. The molecule has 0 saturated carbocycles. The lowest BCUT2D eigenvalue weighted by Gasteiger charge is -2.13. The number of hydrogen-bond donors (Lipinski definition) is 1. The molecular weight excluding hydrogens is 318 g/mol. The van der Waals surface area contributed by atoms with Crippen molar-refractivity contribution in [1.82, 2.24) is 9.97 Å². The van der Waals surface area contributed by atoms with E-state index < -0.39 is 5.97 Å². The molecule has 6 heteroatoms. The Bertz CT molecular complexity index is 892. The summed E-state index contributed by atoms with van der Waals surface area (Å²) in [4.78, 5) is 21.4. The van der Waals surface area contributed by atoms with Crippen molar-refractivity contribution in [3.8, 4) is 5.75 Å². The van der Waals surface area contributed by atoms with Crippen LogP contribution in [0, 0.1) is 0 Å². The fourth-order valence-corrected chi connectivity index (χ4v) is 2.31. The van der Waals surface area contributed by atoms with Crippen molar-refractivity contribution < 1.29 is 14.3 Å². The van der Waals surface area contributed by atoms with Crippen molar-refractivity contribution in [3.63, 3.8) is 0 Å². The standard InChI is InChI=1S/C19H19N3O3/c1-12(2)25-19(23)17-18(20-13-8-10-14(24-3)11-9-13)22-16-7-5-4-6-15(16)21-17/h4-12H,1-3H3,(H,20,22). The summed E-state index contributed by atoms with van der Waals surface area (Å²) in [6.45, 7) is 3.59. The Balaban J connectivity index is 2.02. The van der Waals surface area contributed by atoms with Crippen LogP contribution in [0.3, 0.4) is 0 Å². The zero-order valence-electron chi connectivity index (χ0n) is 14.3. The van der Waals surface area contributed by atoms with Crippen molar-refractivity contribution in [1.29, 1.82) is 0 Å². The smallest absolute Gasteiger partial charge is 0.361 e. The van der Waals surface area contributed by atoms with Crippen LogP contribution in [0.2, 0.25) is 0 Å². The largest absolute Gasteiger partial charge is 0.497 e. The van der Waals surface area contributed by atoms with E-state index in [9.17, 15) is 4.79 Å². The lowest BCUT2D eigenvalue weighted by Crippen LogP contribution is -2.16. The molecular formula is C19H19N3O3. The molecule has 1 N–H and O–H groups in total. The van der Waals surface area contributed by atoms with Crippen LogP contribution in [0.5, 0.6) is 5.75 Å². The Hall–Kier alpha value is -3.15. The number of para-hydroxylation sites is 2. The van der Waals surface area contributed by atoms with Crippen molar-refractivity contribution in [2.24, 2.45) is 0 Å². The molecule has 128 valence electrons. The summed E-state index contributed by atoms with van der Waals surface area (Å²) < 4.78 is 10.5. The van der Waals surface area contributed by atoms with Crippen molar-refractivity contribution in [3.05, 3.63) is 54.2 Å². The second kappa shape index (κ2) is 7.17. The second-order valence-electron chi connectivity index (χ2n) is 5.72. The summed E-state index contributed by atoms with van der Waals surface area (Å²) >= 11 is 0.